The lowest BCUT2D eigenvalue weighted by molar-refractivity contribution is 0.322. The van der Waals surface area contributed by atoms with E-state index in [1.807, 2.05) is 10.8 Å². The van der Waals surface area contributed by atoms with Crippen LogP contribution in [0.1, 0.15) is 18.9 Å². The summed E-state index contributed by atoms with van der Waals surface area (Å²) in [4.78, 5) is 11.3. The van der Waals surface area contributed by atoms with Gasteiger partial charge in [-0.15, -0.1) is 0 Å². The average Bonchev–Trinajstić information content (AvgIpc) is 3.00. The Labute approximate surface area is 82.3 Å². The van der Waals surface area contributed by atoms with Crippen molar-refractivity contribution >= 4 is 0 Å². The lowest BCUT2D eigenvalue weighted by Gasteiger charge is -2.07. The first-order valence-electron chi connectivity index (χ1n) is 4.86. The molecule has 14 heavy (non-hydrogen) atoms. The van der Waals surface area contributed by atoms with Gasteiger partial charge in [-0.1, -0.05) is 0 Å². The van der Waals surface area contributed by atoms with Gasteiger partial charge in [-0.2, -0.15) is 0 Å². The first kappa shape index (κ1) is 9.27. The van der Waals surface area contributed by atoms with Crippen molar-refractivity contribution in [2.45, 2.75) is 18.9 Å². The highest BCUT2D eigenvalue weighted by atomic mass is 16.5. The number of aromatic nitrogens is 1. The molecule has 1 aliphatic carbocycles. The average molecular weight is 194 g/mol. The minimum atomic E-state index is -0.0737. The first-order valence-corrected chi connectivity index (χ1v) is 4.86. The second kappa shape index (κ2) is 3.84. The quantitative estimate of drug-likeness (QED) is 0.760. The van der Waals surface area contributed by atoms with Crippen LogP contribution >= 0.6 is 0 Å². The zero-order valence-corrected chi connectivity index (χ0v) is 7.98. The van der Waals surface area contributed by atoms with E-state index < -0.39 is 0 Å². The zero-order valence-electron chi connectivity index (χ0n) is 7.98. The van der Waals surface area contributed by atoms with Crippen molar-refractivity contribution in [3.63, 3.8) is 0 Å². The van der Waals surface area contributed by atoms with Crippen molar-refractivity contribution < 1.29 is 4.74 Å². The van der Waals surface area contributed by atoms with Crippen LogP contribution in [0, 0.1) is 0 Å². The van der Waals surface area contributed by atoms with Gasteiger partial charge in [0, 0.05) is 24.8 Å². The molecule has 0 aromatic carbocycles. The van der Waals surface area contributed by atoms with Gasteiger partial charge in [-0.25, -0.2) is 0 Å². The Hall–Kier alpha value is -1.29. The van der Waals surface area contributed by atoms with Crippen molar-refractivity contribution in [3.8, 4) is 5.75 Å². The maximum absolute atomic E-state index is 11.3. The Morgan fingerprint density at radius 3 is 3.00 bits per heavy atom. The monoisotopic (exact) mass is 194 g/mol. The van der Waals surface area contributed by atoms with Crippen LogP contribution in [0.4, 0.5) is 0 Å². The predicted molar refractivity (Wildman–Crippen MR) is 53.5 cm³/mol. The molecule has 0 unspecified atom stereocenters. The van der Waals surface area contributed by atoms with Crippen LogP contribution < -0.4 is 15.9 Å². The minimum absolute atomic E-state index is 0.0737. The van der Waals surface area contributed by atoms with Crippen LogP contribution in [-0.4, -0.2) is 17.7 Å². The van der Waals surface area contributed by atoms with Gasteiger partial charge >= 0.3 is 0 Å². The van der Waals surface area contributed by atoms with Gasteiger partial charge in [-0.3, -0.25) is 4.79 Å². The molecule has 1 heterocycles. The normalized spacial score (nSPS) is 15.5. The molecule has 1 aliphatic rings. The van der Waals surface area contributed by atoms with E-state index in [4.69, 9.17) is 10.5 Å². The summed E-state index contributed by atoms with van der Waals surface area (Å²) in [5.41, 5.74) is 5.23. The van der Waals surface area contributed by atoms with Crippen LogP contribution in [0.25, 0.3) is 0 Å². The van der Waals surface area contributed by atoms with E-state index in [2.05, 4.69) is 0 Å². The fourth-order valence-electron chi connectivity index (χ4n) is 1.36. The maximum Gasteiger partial charge on any atom is 0.223 e. The minimum Gasteiger partial charge on any atom is -0.487 e. The number of ether oxygens (including phenoxy) is 1. The van der Waals surface area contributed by atoms with E-state index in [1.54, 1.807) is 12.3 Å². The molecule has 0 amide bonds. The molecule has 0 aliphatic heterocycles. The number of hydrogen-bond donors (Lipinski definition) is 1. The Balaban J connectivity index is 2.18. The summed E-state index contributed by atoms with van der Waals surface area (Å²) in [5.74, 6) is 0.407. The highest BCUT2D eigenvalue weighted by Crippen LogP contribution is 2.34. The second-order valence-corrected chi connectivity index (χ2v) is 3.49. The summed E-state index contributed by atoms with van der Waals surface area (Å²) in [6, 6.07) is 2.11. The Kier molecular flexibility index (Phi) is 2.54. The molecule has 1 fully saturated rings. The third-order valence-corrected chi connectivity index (χ3v) is 2.25. The summed E-state index contributed by atoms with van der Waals surface area (Å²) >= 11 is 0. The van der Waals surface area contributed by atoms with Crippen molar-refractivity contribution in [1.82, 2.24) is 4.57 Å². The Morgan fingerprint density at radius 1 is 1.57 bits per heavy atom. The number of pyridine rings is 1. The molecule has 1 aromatic rings. The molecular weight excluding hydrogens is 180 g/mol. The van der Waals surface area contributed by atoms with Gasteiger partial charge in [0.2, 0.25) is 5.43 Å². The standard InChI is InChI=1S/C10H14N2O2/c11-4-6-14-10-7-12(8-1-2-8)5-3-9(10)13/h3,5,7-8H,1-2,4,6,11H2. The largest absolute Gasteiger partial charge is 0.487 e. The molecule has 1 aromatic heterocycles. The van der Waals surface area contributed by atoms with E-state index in [-0.39, 0.29) is 5.43 Å². The third-order valence-electron chi connectivity index (χ3n) is 2.25. The summed E-state index contributed by atoms with van der Waals surface area (Å²) in [6.07, 6.45) is 5.98. The van der Waals surface area contributed by atoms with Crippen molar-refractivity contribution in [3.05, 3.63) is 28.7 Å². The van der Waals surface area contributed by atoms with Crippen molar-refractivity contribution in [1.29, 1.82) is 0 Å². The molecule has 0 bridgehead atoms. The van der Waals surface area contributed by atoms with Crippen molar-refractivity contribution in [2.75, 3.05) is 13.2 Å². The number of nitrogens with two attached hydrogens (primary N) is 1. The van der Waals surface area contributed by atoms with Gasteiger partial charge in [0.15, 0.2) is 5.75 Å². The number of hydrogen-bond acceptors (Lipinski definition) is 3. The topological polar surface area (TPSA) is 57.2 Å². The lowest BCUT2D eigenvalue weighted by atomic mass is 10.4. The van der Waals surface area contributed by atoms with Crippen LogP contribution in [0.2, 0.25) is 0 Å². The zero-order chi connectivity index (χ0) is 9.97. The lowest BCUT2D eigenvalue weighted by Crippen LogP contribution is -2.16. The third kappa shape index (κ3) is 1.96. The Bertz CT molecular complexity index is 369. The SMILES string of the molecule is NCCOc1cn(C2CC2)ccc1=O. The summed E-state index contributed by atoms with van der Waals surface area (Å²) in [5, 5.41) is 0. The smallest absolute Gasteiger partial charge is 0.223 e. The fraction of sp³-hybridized carbons (Fsp3) is 0.500. The van der Waals surface area contributed by atoms with Crippen molar-refractivity contribution in [2.24, 2.45) is 5.73 Å². The molecule has 0 radical (unpaired) electrons. The molecule has 76 valence electrons. The van der Waals surface area contributed by atoms with Gasteiger partial charge in [-0.05, 0) is 12.8 Å². The highest BCUT2D eigenvalue weighted by Gasteiger charge is 2.22. The van der Waals surface area contributed by atoms with Gasteiger partial charge in [0.1, 0.15) is 6.61 Å². The fourth-order valence-corrected chi connectivity index (χ4v) is 1.36. The first-order chi connectivity index (χ1) is 6.81. The molecule has 1 saturated carbocycles. The van der Waals surface area contributed by atoms with Gasteiger partial charge < -0.3 is 15.0 Å². The number of rotatable bonds is 4. The van der Waals surface area contributed by atoms with Crippen LogP contribution in [0.3, 0.4) is 0 Å². The molecule has 4 nitrogen and oxygen atoms in total. The maximum atomic E-state index is 11.3. The van der Waals surface area contributed by atoms with E-state index in [0.717, 1.165) is 0 Å². The van der Waals surface area contributed by atoms with Gasteiger partial charge in [0.05, 0.1) is 6.20 Å². The predicted octanol–water partition coefficient (Wildman–Crippen LogP) is 0.521. The van der Waals surface area contributed by atoms with Crippen LogP contribution in [0.5, 0.6) is 5.75 Å². The van der Waals surface area contributed by atoms with E-state index in [9.17, 15) is 4.79 Å². The van der Waals surface area contributed by atoms with Crippen LogP contribution in [0.15, 0.2) is 23.3 Å². The van der Waals surface area contributed by atoms with E-state index in [0.29, 0.717) is 24.9 Å². The molecule has 0 spiro atoms. The van der Waals surface area contributed by atoms with E-state index in [1.165, 1.54) is 12.8 Å². The second-order valence-electron chi connectivity index (χ2n) is 3.49. The summed E-state index contributed by atoms with van der Waals surface area (Å²) in [7, 11) is 0. The number of nitrogens with zero attached hydrogens (tertiary/aromatic N) is 1. The molecule has 0 saturated heterocycles. The molecule has 0 atom stereocenters. The molecule has 2 N–H and O–H groups in total. The molecule has 2 rings (SSSR count). The summed E-state index contributed by atoms with van der Waals surface area (Å²) in [6.45, 7) is 0.821. The summed E-state index contributed by atoms with van der Waals surface area (Å²) < 4.78 is 7.28. The van der Waals surface area contributed by atoms with Gasteiger partial charge in [0.25, 0.3) is 0 Å². The Morgan fingerprint density at radius 2 is 2.36 bits per heavy atom. The van der Waals surface area contributed by atoms with Crippen LogP contribution in [-0.2, 0) is 0 Å². The molecular formula is C10H14N2O2. The highest BCUT2D eigenvalue weighted by molar-refractivity contribution is 5.18. The van der Waals surface area contributed by atoms with E-state index >= 15 is 0 Å². The molecule has 4 heteroatoms.